The zero-order valence-corrected chi connectivity index (χ0v) is 17.0. The van der Waals surface area contributed by atoms with Crippen molar-refractivity contribution in [2.45, 2.75) is 31.7 Å². The number of ether oxygens (including phenoxy) is 1. The number of piperidine rings is 1. The summed E-state index contributed by atoms with van der Waals surface area (Å²) in [4.78, 5) is 6.27. The number of rotatable bonds is 5. The van der Waals surface area contributed by atoms with Gasteiger partial charge >= 0.3 is 12.8 Å². The lowest BCUT2D eigenvalue weighted by Crippen LogP contribution is -2.40. The molecule has 11 heteroatoms. The predicted octanol–water partition coefficient (Wildman–Crippen LogP) is 4.82. The Hall–Kier alpha value is -3.08. The maximum absolute atomic E-state index is 13.1. The predicted molar refractivity (Wildman–Crippen MR) is 109 cm³/mol. The first kappa shape index (κ1) is 22.1. The number of alkyl halides is 5. The third-order valence-electron chi connectivity index (χ3n) is 5.33. The van der Waals surface area contributed by atoms with E-state index >= 15 is 0 Å². The average molecular weight is 453 g/mol. The van der Waals surface area contributed by atoms with Crippen molar-refractivity contribution in [3.63, 3.8) is 0 Å². The van der Waals surface area contributed by atoms with Crippen molar-refractivity contribution in [1.82, 2.24) is 20.1 Å². The summed E-state index contributed by atoms with van der Waals surface area (Å²) in [6.07, 6.45) is 0.288. The fourth-order valence-corrected chi connectivity index (χ4v) is 3.87. The van der Waals surface area contributed by atoms with Crippen LogP contribution in [0.15, 0.2) is 36.7 Å². The largest absolute Gasteiger partial charge is 0.434 e. The molecule has 0 spiro atoms. The number of hydrogen-bond donors (Lipinski definition) is 1. The number of nitrogens with zero attached hydrogens (tertiary/aromatic N) is 4. The summed E-state index contributed by atoms with van der Waals surface area (Å²) < 4.78 is 69.6. The number of halogens is 5. The molecule has 0 radical (unpaired) electrons. The number of fused-ring (bicyclic) bond motifs is 1. The minimum Gasteiger partial charge on any atom is -0.434 e. The zero-order valence-electron chi connectivity index (χ0n) is 17.0. The fraction of sp³-hybridized carbons (Fsp3) is 0.381. The second kappa shape index (κ2) is 8.81. The molecule has 0 aliphatic carbocycles. The molecule has 1 atom stereocenters. The van der Waals surface area contributed by atoms with Crippen LogP contribution in [0.1, 0.15) is 18.4 Å². The van der Waals surface area contributed by atoms with Gasteiger partial charge in [0.05, 0.1) is 5.56 Å². The van der Waals surface area contributed by atoms with E-state index in [4.69, 9.17) is 0 Å². The Balaban J connectivity index is 1.78. The van der Waals surface area contributed by atoms with Gasteiger partial charge in [0.15, 0.2) is 5.82 Å². The Morgan fingerprint density at radius 3 is 2.69 bits per heavy atom. The maximum atomic E-state index is 13.1. The highest BCUT2D eigenvalue weighted by atomic mass is 19.4. The number of nitrogens with one attached hydrogen (secondary N) is 1. The highest BCUT2D eigenvalue weighted by Gasteiger charge is 2.32. The van der Waals surface area contributed by atoms with Crippen LogP contribution in [0.3, 0.4) is 0 Å². The SMILES string of the molecule is CN1CCC[C@@H](Nc2nnc(-c3ccc(C(F)(F)F)cc3OC(F)F)c3cnccc23)C1. The Morgan fingerprint density at radius 2 is 1.97 bits per heavy atom. The molecule has 1 fully saturated rings. The molecule has 1 saturated heterocycles. The molecule has 170 valence electrons. The molecule has 1 N–H and O–H groups in total. The van der Waals surface area contributed by atoms with Crippen molar-refractivity contribution >= 4 is 16.6 Å². The number of pyridine rings is 1. The summed E-state index contributed by atoms with van der Waals surface area (Å²) in [6.45, 7) is -1.48. The van der Waals surface area contributed by atoms with Crippen LogP contribution < -0.4 is 10.1 Å². The average Bonchev–Trinajstić information content (AvgIpc) is 2.73. The normalized spacial score (nSPS) is 17.7. The van der Waals surface area contributed by atoms with E-state index in [1.807, 2.05) is 7.05 Å². The smallest absolute Gasteiger partial charge is 0.416 e. The van der Waals surface area contributed by atoms with Gasteiger partial charge in [-0.1, -0.05) is 0 Å². The van der Waals surface area contributed by atoms with E-state index in [2.05, 4.69) is 30.1 Å². The van der Waals surface area contributed by atoms with Gasteiger partial charge < -0.3 is 15.0 Å². The number of likely N-dealkylation sites (tertiary alicyclic amines) is 1. The van der Waals surface area contributed by atoms with E-state index < -0.39 is 24.1 Å². The Labute approximate surface area is 180 Å². The van der Waals surface area contributed by atoms with Crippen molar-refractivity contribution in [3.05, 3.63) is 42.2 Å². The quantitative estimate of drug-likeness (QED) is 0.559. The topological polar surface area (TPSA) is 63.2 Å². The van der Waals surface area contributed by atoms with Crippen LogP contribution in [0, 0.1) is 0 Å². The molecule has 32 heavy (non-hydrogen) atoms. The molecule has 6 nitrogen and oxygen atoms in total. The molecule has 2 aromatic heterocycles. The van der Waals surface area contributed by atoms with Gasteiger partial charge in [0, 0.05) is 41.3 Å². The zero-order chi connectivity index (χ0) is 22.9. The van der Waals surface area contributed by atoms with Crippen molar-refractivity contribution in [2.24, 2.45) is 0 Å². The van der Waals surface area contributed by atoms with Gasteiger partial charge in [0.2, 0.25) is 0 Å². The first-order valence-corrected chi connectivity index (χ1v) is 9.94. The highest BCUT2D eigenvalue weighted by molar-refractivity contribution is 6.00. The molecule has 0 amide bonds. The number of aromatic nitrogens is 3. The maximum Gasteiger partial charge on any atom is 0.416 e. The molecule has 3 heterocycles. The van der Waals surface area contributed by atoms with E-state index in [9.17, 15) is 22.0 Å². The molecule has 1 aromatic carbocycles. The molecule has 4 rings (SSSR count). The van der Waals surface area contributed by atoms with Crippen LogP contribution in [-0.4, -0.2) is 52.9 Å². The third kappa shape index (κ3) is 4.72. The van der Waals surface area contributed by atoms with Crippen molar-refractivity contribution < 1.29 is 26.7 Å². The molecule has 0 unspecified atom stereocenters. The van der Waals surface area contributed by atoms with E-state index in [-0.39, 0.29) is 17.3 Å². The van der Waals surface area contributed by atoms with Crippen LogP contribution in [-0.2, 0) is 6.18 Å². The lowest BCUT2D eigenvalue weighted by atomic mass is 10.0. The van der Waals surface area contributed by atoms with Crippen LogP contribution in [0.4, 0.5) is 27.8 Å². The minimum absolute atomic E-state index is 0.0345. The van der Waals surface area contributed by atoms with Crippen molar-refractivity contribution in [1.29, 1.82) is 0 Å². The van der Waals surface area contributed by atoms with Crippen LogP contribution in [0.2, 0.25) is 0 Å². The first-order valence-electron chi connectivity index (χ1n) is 9.94. The summed E-state index contributed by atoms with van der Waals surface area (Å²) >= 11 is 0. The number of anilines is 1. The summed E-state index contributed by atoms with van der Waals surface area (Å²) in [5, 5.41) is 12.8. The monoisotopic (exact) mass is 453 g/mol. The van der Waals surface area contributed by atoms with Gasteiger partial charge in [-0.2, -0.15) is 22.0 Å². The van der Waals surface area contributed by atoms with Gasteiger partial charge in [0.1, 0.15) is 11.4 Å². The van der Waals surface area contributed by atoms with Gasteiger partial charge in [0.25, 0.3) is 0 Å². The number of likely N-dealkylation sites (N-methyl/N-ethyl adjacent to an activating group) is 1. The minimum atomic E-state index is -4.71. The van der Waals surface area contributed by atoms with E-state index in [0.29, 0.717) is 22.7 Å². The van der Waals surface area contributed by atoms with Gasteiger partial charge in [-0.3, -0.25) is 4.98 Å². The number of hydrogen-bond acceptors (Lipinski definition) is 6. The van der Waals surface area contributed by atoms with E-state index in [1.165, 1.54) is 6.20 Å². The molecular weight excluding hydrogens is 433 g/mol. The van der Waals surface area contributed by atoms with Gasteiger partial charge in [-0.25, -0.2) is 0 Å². The Kier molecular flexibility index (Phi) is 6.09. The fourth-order valence-electron chi connectivity index (χ4n) is 3.87. The van der Waals surface area contributed by atoms with E-state index in [0.717, 1.165) is 38.1 Å². The summed E-state index contributed by atoms with van der Waals surface area (Å²) in [5.41, 5.74) is -1.04. The Bertz CT molecular complexity index is 1110. The second-order valence-corrected chi connectivity index (χ2v) is 7.65. The summed E-state index contributed by atoms with van der Waals surface area (Å²) in [7, 11) is 2.03. The van der Waals surface area contributed by atoms with E-state index in [1.54, 1.807) is 12.3 Å². The standard InChI is InChI=1S/C21H20F5N5O/c1-31-8-2-3-13(11-31)28-19-14-6-7-27-10-16(14)18(29-30-19)15-5-4-12(21(24,25)26)9-17(15)32-20(22)23/h4-7,9-10,13,20H,2-3,8,11H2,1H3,(H,28,30)/t13-/m1/s1. The lowest BCUT2D eigenvalue weighted by molar-refractivity contribution is -0.138. The number of benzene rings is 1. The summed E-state index contributed by atoms with van der Waals surface area (Å²) in [6, 6.07) is 4.23. The lowest BCUT2D eigenvalue weighted by Gasteiger charge is -2.30. The molecule has 0 bridgehead atoms. The van der Waals surface area contributed by atoms with Crippen LogP contribution in [0.5, 0.6) is 5.75 Å². The van der Waals surface area contributed by atoms with Gasteiger partial charge in [-0.15, -0.1) is 10.2 Å². The first-order chi connectivity index (χ1) is 15.2. The second-order valence-electron chi connectivity index (χ2n) is 7.65. The van der Waals surface area contributed by atoms with Crippen LogP contribution in [0.25, 0.3) is 22.0 Å². The Morgan fingerprint density at radius 1 is 1.16 bits per heavy atom. The molecular formula is C21H20F5N5O. The summed E-state index contributed by atoms with van der Waals surface area (Å²) in [5.74, 6) is -0.140. The van der Waals surface area contributed by atoms with Crippen LogP contribution >= 0.6 is 0 Å². The molecule has 3 aromatic rings. The molecule has 1 aliphatic heterocycles. The van der Waals surface area contributed by atoms with Crippen molar-refractivity contribution in [3.8, 4) is 17.0 Å². The van der Waals surface area contributed by atoms with Crippen molar-refractivity contribution in [2.75, 3.05) is 25.5 Å². The highest BCUT2D eigenvalue weighted by Crippen LogP contribution is 2.39. The van der Waals surface area contributed by atoms with Gasteiger partial charge in [-0.05, 0) is 50.7 Å². The molecule has 1 aliphatic rings. The third-order valence-corrected chi connectivity index (χ3v) is 5.33. The molecule has 0 saturated carbocycles.